The maximum atomic E-state index is 11.1. The lowest BCUT2D eigenvalue weighted by molar-refractivity contribution is 0.0954. The summed E-state index contributed by atoms with van der Waals surface area (Å²) in [5.74, 6) is -0.254. The molecular formula is C8H10N2O2. The highest BCUT2D eigenvalue weighted by Crippen LogP contribution is 1.92. The molecule has 0 aromatic carbocycles. The van der Waals surface area contributed by atoms with Crippen LogP contribution >= 0.6 is 0 Å². The fourth-order valence-electron chi connectivity index (χ4n) is 0.904. The molecule has 0 fully saturated rings. The van der Waals surface area contributed by atoms with Gasteiger partial charge in [-0.2, -0.15) is 0 Å². The molecule has 0 saturated heterocycles. The largest absolute Gasteiger partial charge is 0.354 e. The molecule has 0 atom stereocenters. The Bertz CT molecular complexity index is 354. The van der Waals surface area contributed by atoms with Gasteiger partial charge in [-0.25, -0.2) is 0 Å². The monoisotopic (exact) mass is 166 g/mol. The van der Waals surface area contributed by atoms with E-state index in [4.69, 9.17) is 0 Å². The topological polar surface area (TPSA) is 51.1 Å². The minimum atomic E-state index is -0.254. The Balaban J connectivity index is 3.22. The Morgan fingerprint density at radius 1 is 1.58 bits per heavy atom. The molecule has 12 heavy (non-hydrogen) atoms. The van der Waals surface area contributed by atoms with Crippen molar-refractivity contribution in [3.05, 3.63) is 34.2 Å². The summed E-state index contributed by atoms with van der Waals surface area (Å²) in [6.45, 7) is 0. The molecule has 0 aliphatic carbocycles. The number of aromatic nitrogens is 1. The van der Waals surface area contributed by atoms with Gasteiger partial charge in [-0.15, -0.1) is 0 Å². The van der Waals surface area contributed by atoms with E-state index in [1.807, 2.05) is 0 Å². The van der Waals surface area contributed by atoms with Crippen molar-refractivity contribution in [3.8, 4) is 0 Å². The average Bonchev–Trinajstić information content (AvgIpc) is 2.08. The van der Waals surface area contributed by atoms with Crippen molar-refractivity contribution in [2.75, 3.05) is 7.05 Å². The fraction of sp³-hybridized carbons (Fsp3) is 0.250. The maximum Gasteiger partial charge on any atom is 0.267 e. The minimum absolute atomic E-state index is 0.160. The maximum absolute atomic E-state index is 11.1. The Labute approximate surface area is 69.8 Å². The molecule has 1 heterocycles. The summed E-state index contributed by atoms with van der Waals surface area (Å²) in [5.41, 5.74) is 0.205. The average molecular weight is 166 g/mol. The Morgan fingerprint density at radius 2 is 2.25 bits per heavy atom. The highest BCUT2D eigenvalue weighted by Gasteiger charge is 2.05. The van der Waals surface area contributed by atoms with Crippen molar-refractivity contribution in [2.24, 2.45) is 7.05 Å². The van der Waals surface area contributed by atoms with Gasteiger partial charge in [-0.3, -0.25) is 9.59 Å². The van der Waals surface area contributed by atoms with E-state index in [1.165, 1.54) is 19.2 Å². The lowest BCUT2D eigenvalue weighted by Gasteiger charge is -2.04. The van der Waals surface area contributed by atoms with Crippen LogP contribution in [-0.4, -0.2) is 17.5 Å². The molecule has 1 N–H and O–H groups in total. The van der Waals surface area contributed by atoms with Gasteiger partial charge < -0.3 is 9.88 Å². The molecule has 0 aliphatic heterocycles. The van der Waals surface area contributed by atoms with E-state index in [2.05, 4.69) is 5.32 Å². The SMILES string of the molecule is CNC(=O)c1cc(=O)ccn1C. The molecule has 1 aromatic heterocycles. The number of rotatable bonds is 1. The third-order valence-electron chi connectivity index (χ3n) is 1.58. The van der Waals surface area contributed by atoms with Crippen LogP contribution in [0.1, 0.15) is 10.5 Å². The number of aryl methyl sites for hydroxylation is 1. The van der Waals surface area contributed by atoms with E-state index in [0.717, 1.165) is 0 Å². The molecular weight excluding hydrogens is 156 g/mol. The zero-order chi connectivity index (χ0) is 9.14. The van der Waals surface area contributed by atoms with Crippen molar-refractivity contribution in [2.45, 2.75) is 0 Å². The van der Waals surface area contributed by atoms with Gasteiger partial charge >= 0.3 is 0 Å². The summed E-state index contributed by atoms with van der Waals surface area (Å²) in [6.07, 6.45) is 1.56. The first-order valence-corrected chi connectivity index (χ1v) is 3.54. The van der Waals surface area contributed by atoms with Crippen molar-refractivity contribution < 1.29 is 4.79 Å². The lowest BCUT2D eigenvalue weighted by Crippen LogP contribution is -2.23. The van der Waals surface area contributed by atoms with Crippen molar-refractivity contribution >= 4 is 5.91 Å². The first kappa shape index (κ1) is 8.52. The quantitative estimate of drug-likeness (QED) is 0.625. The van der Waals surface area contributed by atoms with Gasteiger partial charge in [0.05, 0.1) is 0 Å². The Kier molecular flexibility index (Phi) is 2.28. The third-order valence-corrected chi connectivity index (χ3v) is 1.58. The highest BCUT2D eigenvalue weighted by atomic mass is 16.2. The second-order valence-corrected chi connectivity index (χ2v) is 2.44. The van der Waals surface area contributed by atoms with Crippen molar-refractivity contribution in [1.82, 2.24) is 9.88 Å². The molecule has 1 amide bonds. The Hall–Kier alpha value is -1.58. The van der Waals surface area contributed by atoms with Crippen molar-refractivity contribution in [3.63, 3.8) is 0 Å². The summed E-state index contributed by atoms with van der Waals surface area (Å²) in [7, 11) is 3.24. The van der Waals surface area contributed by atoms with E-state index >= 15 is 0 Å². The summed E-state index contributed by atoms with van der Waals surface area (Å²) in [5, 5.41) is 2.45. The number of amides is 1. The molecule has 1 rings (SSSR count). The van der Waals surface area contributed by atoms with E-state index in [1.54, 1.807) is 17.8 Å². The Morgan fingerprint density at radius 3 is 2.83 bits per heavy atom. The molecule has 4 nitrogen and oxygen atoms in total. The fourth-order valence-corrected chi connectivity index (χ4v) is 0.904. The zero-order valence-electron chi connectivity index (χ0n) is 7.00. The summed E-state index contributed by atoms with van der Waals surface area (Å²) >= 11 is 0. The van der Waals surface area contributed by atoms with Crippen LogP contribution in [0.5, 0.6) is 0 Å². The van der Waals surface area contributed by atoms with Crippen molar-refractivity contribution in [1.29, 1.82) is 0 Å². The lowest BCUT2D eigenvalue weighted by atomic mass is 10.3. The second-order valence-electron chi connectivity index (χ2n) is 2.44. The standard InChI is InChI=1S/C8H10N2O2/c1-9-8(12)7-5-6(11)3-4-10(7)2/h3-5H,1-2H3,(H,9,12). The second kappa shape index (κ2) is 3.21. The van der Waals surface area contributed by atoms with E-state index < -0.39 is 0 Å². The summed E-state index contributed by atoms with van der Waals surface area (Å²) in [6, 6.07) is 2.71. The van der Waals surface area contributed by atoms with Crippen LogP contribution in [0.4, 0.5) is 0 Å². The highest BCUT2D eigenvalue weighted by molar-refractivity contribution is 5.92. The normalized spacial score (nSPS) is 9.50. The van der Waals surface area contributed by atoms with Crippen LogP contribution < -0.4 is 10.7 Å². The van der Waals surface area contributed by atoms with Crippen LogP contribution in [0.15, 0.2) is 23.1 Å². The van der Waals surface area contributed by atoms with Gasteiger partial charge in [0, 0.05) is 32.4 Å². The van der Waals surface area contributed by atoms with Gasteiger partial charge in [0.1, 0.15) is 5.69 Å². The van der Waals surface area contributed by atoms with E-state index in [0.29, 0.717) is 5.69 Å². The first-order chi connectivity index (χ1) is 5.65. The molecule has 0 saturated carbocycles. The number of nitrogens with zero attached hydrogens (tertiary/aromatic N) is 1. The summed E-state index contributed by atoms with van der Waals surface area (Å²) < 4.78 is 1.60. The number of hydrogen-bond donors (Lipinski definition) is 1. The number of hydrogen-bond acceptors (Lipinski definition) is 2. The molecule has 0 bridgehead atoms. The first-order valence-electron chi connectivity index (χ1n) is 3.54. The zero-order valence-corrected chi connectivity index (χ0v) is 7.00. The summed E-state index contributed by atoms with van der Waals surface area (Å²) in [4.78, 5) is 22.0. The van der Waals surface area contributed by atoms with Crippen LogP contribution in [0.25, 0.3) is 0 Å². The minimum Gasteiger partial charge on any atom is -0.354 e. The molecule has 1 aromatic rings. The van der Waals surface area contributed by atoms with E-state index in [9.17, 15) is 9.59 Å². The number of carbonyl (C=O) groups excluding carboxylic acids is 1. The molecule has 0 spiro atoms. The van der Waals surface area contributed by atoms with E-state index in [-0.39, 0.29) is 11.3 Å². The van der Waals surface area contributed by atoms with Gasteiger partial charge in [0.2, 0.25) is 0 Å². The van der Waals surface area contributed by atoms with Crippen LogP contribution in [0.3, 0.4) is 0 Å². The number of nitrogens with one attached hydrogen (secondary N) is 1. The van der Waals surface area contributed by atoms with Gasteiger partial charge in [-0.05, 0) is 0 Å². The van der Waals surface area contributed by atoms with Gasteiger partial charge in [0.15, 0.2) is 5.43 Å². The smallest absolute Gasteiger partial charge is 0.267 e. The van der Waals surface area contributed by atoms with Crippen LogP contribution in [-0.2, 0) is 7.05 Å². The predicted octanol–water partition coefficient (Wildman–Crippen LogP) is -0.255. The molecule has 0 unspecified atom stereocenters. The number of carbonyl (C=O) groups is 1. The molecule has 4 heteroatoms. The van der Waals surface area contributed by atoms with Gasteiger partial charge in [0.25, 0.3) is 5.91 Å². The van der Waals surface area contributed by atoms with Crippen LogP contribution in [0, 0.1) is 0 Å². The number of pyridine rings is 1. The van der Waals surface area contributed by atoms with Crippen LogP contribution in [0.2, 0.25) is 0 Å². The third kappa shape index (κ3) is 1.53. The molecule has 0 aliphatic rings. The molecule has 64 valence electrons. The van der Waals surface area contributed by atoms with Gasteiger partial charge in [-0.1, -0.05) is 0 Å². The predicted molar refractivity (Wildman–Crippen MR) is 45.1 cm³/mol. The molecule has 0 radical (unpaired) electrons.